The highest BCUT2D eigenvalue weighted by atomic mass is 16.4. The Hall–Kier alpha value is -2.62. The molecule has 4 heteroatoms. The summed E-state index contributed by atoms with van der Waals surface area (Å²) in [6.45, 7) is 8.31. The molecule has 0 spiro atoms. The number of carboxylic acids is 1. The topological polar surface area (TPSA) is 66.4 Å². The van der Waals surface area contributed by atoms with Gasteiger partial charge in [0, 0.05) is 11.6 Å². The van der Waals surface area contributed by atoms with Crippen LogP contribution < -0.4 is 5.32 Å². The number of amides is 1. The molecule has 2 aromatic rings. The van der Waals surface area contributed by atoms with Crippen molar-refractivity contribution in [3.05, 3.63) is 64.7 Å². The molecule has 2 N–H and O–H groups in total. The van der Waals surface area contributed by atoms with Crippen molar-refractivity contribution < 1.29 is 14.7 Å². The summed E-state index contributed by atoms with van der Waals surface area (Å²) in [5.74, 6) is -0.521. The molecule has 0 bridgehead atoms. The van der Waals surface area contributed by atoms with Crippen molar-refractivity contribution >= 4 is 17.6 Å². The summed E-state index contributed by atoms with van der Waals surface area (Å²) in [7, 11) is 0. The van der Waals surface area contributed by atoms with Crippen molar-refractivity contribution in [2.45, 2.75) is 59.3 Å². The van der Waals surface area contributed by atoms with Crippen LogP contribution in [-0.4, -0.2) is 17.0 Å². The third-order valence-corrected chi connectivity index (χ3v) is 6.09. The molecule has 1 amide bonds. The molecule has 0 fully saturated rings. The van der Waals surface area contributed by atoms with Gasteiger partial charge >= 0.3 is 5.97 Å². The number of aromatic carboxylic acids is 1. The van der Waals surface area contributed by atoms with Crippen LogP contribution in [0.25, 0.3) is 0 Å². The second-order valence-corrected chi connectivity index (χ2v) is 9.16. The van der Waals surface area contributed by atoms with Gasteiger partial charge in [-0.3, -0.25) is 4.79 Å². The standard InChI is InChI=1S/C25H31NO3/c1-16(2)23(27)26-21-12-10-18(11-13-21)22-7-5-6-17-8-9-19(24(28)29)14-20(17)15-25(22,3)4/h8-14,16,22H,5-7,15H2,1-4H3,(H,26,27)(H,28,29). The monoisotopic (exact) mass is 393 g/mol. The largest absolute Gasteiger partial charge is 0.478 e. The van der Waals surface area contributed by atoms with E-state index >= 15 is 0 Å². The van der Waals surface area contributed by atoms with Crippen molar-refractivity contribution in [1.29, 1.82) is 0 Å². The predicted octanol–water partition coefficient (Wildman–Crippen LogP) is 5.67. The van der Waals surface area contributed by atoms with Crippen LogP contribution in [0.5, 0.6) is 0 Å². The summed E-state index contributed by atoms with van der Waals surface area (Å²) < 4.78 is 0. The van der Waals surface area contributed by atoms with Crippen LogP contribution in [0, 0.1) is 11.3 Å². The molecule has 0 aromatic heterocycles. The van der Waals surface area contributed by atoms with Crippen LogP contribution in [-0.2, 0) is 17.6 Å². The van der Waals surface area contributed by atoms with E-state index in [1.807, 2.05) is 38.1 Å². The fourth-order valence-electron chi connectivity index (χ4n) is 4.37. The molecule has 0 aliphatic heterocycles. The number of nitrogens with one attached hydrogen (secondary N) is 1. The Morgan fingerprint density at radius 1 is 1.07 bits per heavy atom. The van der Waals surface area contributed by atoms with E-state index in [0.29, 0.717) is 11.5 Å². The number of benzene rings is 2. The molecule has 3 rings (SSSR count). The van der Waals surface area contributed by atoms with Crippen molar-refractivity contribution in [2.75, 3.05) is 5.32 Å². The van der Waals surface area contributed by atoms with Gasteiger partial charge in [0.15, 0.2) is 0 Å². The first-order valence-electron chi connectivity index (χ1n) is 10.4. The van der Waals surface area contributed by atoms with E-state index in [4.69, 9.17) is 0 Å². The summed E-state index contributed by atoms with van der Waals surface area (Å²) >= 11 is 0. The summed E-state index contributed by atoms with van der Waals surface area (Å²) in [5.41, 5.74) is 4.88. The van der Waals surface area contributed by atoms with Gasteiger partial charge in [0.2, 0.25) is 5.91 Å². The Morgan fingerprint density at radius 3 is 2.38 bits per heavy atom. The molecule has 1 atom stereocenters. The van der Waals surface area contributed by atoms with Crippen LogP contribution in [0.2, 0.25) is 0 Å². The SMILES string of the molecule is CC(C)C(=O)Nc1ccc(C2CCCc3ccc(C(=O)O)cc3CC2(C)C)cc1. The van der Waals surface area contributed by atoms with Crippen LogP contribution in [0.15, 0.2) is 42.5 Å². The molecule has 1 aliphatic rings. The molecule has 1 unspecified atom stereocenters. The van der Waals surface area contributed by atoms with E-state index in [0.717, 1.165) is 36.9 Å². The van der Waals surface area contributed by atoms with E-state index in [1.54, 1.807) is 6.07 Å². The molecule has 1 aliphatic carbocycles. The number of carbonyl (C=O) groups excluding carboxylic acids is 1. The first-order valence-corrected chi connectivity index (χ1v) is 10.4. The number of fused-ring (bicyclic) bond motifs is 1. The van der Waals surface area contributed by atoms with Gasteiger partial charge in [-0.1, -0.05) is 45.9 Å². The molecular formula is C25H31NO3. The van der Waals surface area contributed by atoms with Gasteiger partial charge in [0.25, 0.3) is 0 Å². The number of anilines is 1. The van der Waals surface area contributed by atoms with Gasteiger partial charge < -0.3 is 10.4 Å². The molecule has 0 saturated heterocycles. The van der Waals surface area contributed by atoms with Crippen molar-refractivity contribution in [3.63, 3.8) is 0 Å². The molecular weight excluding hydrogens is 362 g/mol. The molecule has 0 heterocycles. The number of hydrogen-bond donors (Lipinski definition) is 2. The fourth-order valence-corrected chi connectivity index (χ4v) is 4.37. The molecule has 0 saturated carbocycles. The molecule has 2 aromatic carbocycles. The Labute approximate surface area is 173 Å². The lowest BCUT2D eigenvalue weighted by atomic mass is 9.67. The maximum absolute atomic E-state index is 11.9. The van der Waals surface area contributed by atoms with Gasteiger partial charge in [-0.15, -0.1) is 0 Å². The molecule has 29 heavy (non-hydrogen) atoms. The maximum atomic E-state index is 11.9. The van der Waals surface area contributed by atoms with Gasteiger partial charge in [-0.05, 0) is 78.0 Å². The van der Waals surface area contributed by atoms with Crippen molar-refractivity contribution in [3.8, 4) is 0 Å². The zero-order valence-electron chi connectivity index (χ0n) is 17.8. The number of hydrogen-bond acceptors (Lipinski definition) is 2. The summed E-state index contributed by atoms with van der Waals surface area (Å²) in [4.78, 5) is 23.3. The molecule has 154 valence electrons. The Morgan fingerprint density at radius 2 is 1.76 bits per heavy atom. The minimum absolute atomic E-state index is 0.00497. The normalized spacial score (nSPS) is 18.4. The summed E-state index contributed by atoms with van der Waals surface area (Å²) in [6.07, 6.45) is 3.98. The second kappa shape index (κ2) is 8.40. The Kier molecular flexibility index (Phi) is 6.11. The number of carbonyl (C=O) groups is 2. The van der Waals surface area contributed by atoms with Crippen molar-refractivity contribution in [1.82, 2.24) is 0 Å². The third kappa shape index (κ3) is 4.87. The van der Waals surface area contributed by atoms with E-state index in [2.05, 4.69) is 31.3 Å². The average Bonchev–Trinajstić information content (AvgIpc) is 2.65. The van der Waals surface area contributed by atoms with Crippen LogP contribution in [0.4, 0.5) is 5.69 Å². The van der Waals surface area contributed by atoms with Crippen LogP contribution >= 0.6 is 0 Å². The van der Waals surface area contributed by atoms with Gasteiger partial charge in [-0.25, -0.2) is 4.79 Å². The number of aryl methyl sites for hydroxylation is 1. The summed E-state index contributed by atoms with van der Waals surface area (Å²) in [6, 6.07) is 13.8. The van der Waals surface area contributed by atoms with E-state index < -0.39 is 5.97 Å². The third-order valence-electron chi connectivity index (χ3n) is 6.09. The van der Waals surface area contributed by atoms with E-state index in [-0.39, 0.29) is 17.2 Å². The quantitative estimate of drug-likeness (QED) is 0.703. The first kappa shape index (κ1) is 21.1. The Balaban J connectivity index is 1.84. The number of carboxylic acid groups (broad SMARTS) is 1. The molecule has 4 nitrogen and oxygen atoms in total. The zero-order chi connectivity index (χ0) is 21.2. The van der Waals surface area contributed by atoms with Gasteiger partial charge in [0.05, 0.1) is 5.56 Å². The Bertz CT molecular complexity index is 897. The second-order valence-electron chi connectivity index (χ2n) is 9.16. The minimum atomic E-state index is -0.872. The lowest BCUT2D eigenvalue weighted by Gasteiger charge is -2.37. The minimum Gasteiger partial charge on any atom is -0.478 e. The molecule has 0 radical (unpaired) electrons. The fraction of sp³-hybridized carbons (Fsp3) is 0.440. The highest BCUT2D eigenvalue weighted by Crippen LogP contribution is 2.44. The highest BCUT2D eigenvalue weighted by Gasteiger charge is 2.33. The van der Waals surface area contributed by atoms with E-state index in [1.165, 1.54) is 11.1 Å². The zero-order valence-corrected chi connectivity index (χ0v) is 17.8. The lowest BCUT2D eigenvalue weighted by molar-refractivity contribution is -0.118. The van der Waals surface area contributed by atoms with Crippen LogP contribution in [0.3, 0.4) is 0 Å². The average molecular weight is 394 g/mol. The summed E-state index contributed by atoms with van der Waals surface area (Å²) in [5, 5.41) is 12.3. The lowest BCUT2D eigenvalue weighted by Crippen LogP contribution is -2.27. The number of rotatable bonds is 4. The van der Waals surface area contributed by atoms with E-state index in [9.17, 15) is 14.7 Å². The maximum Gasteiger partial charge on any atom is 0.335 e. The van der Waals surface area contributed by atoms with Crippen molar-refractivity contribution in [2.24, 2.45) is 11.3 Å². The smallest absolute Gasteiger partial charge is 0.335 e. The first-order chi connectivity index (χ1) is 13.7. The predicted molar refractivity (Wildman–Crippen MR) is 116 cm³/mol. The van der Waals surface area contributed by atoms with Gasteiger partial charge in [0.1, 0.15) is 0 Å². The van der Waals surface area contributed by atoms with Crippen LogP contribution in [0.1, 0.15) is 73.5 Å². The highest BCUT2D eigenvalue weighted by molar-refractivity contribution is 5.92. The van der Waals surface area contributed by atoms with Gasteiger partial charge in [-0.2, -0.15) is 0 Å².